The van der Waals surface area contributed by atoms with Gasteiger partial charge in [-0.05, 0) is 60.9 Å². The van der Waals surface area contributed by atoms with Gasteiger partial charge in [0.1, 0.15) is 6.04 Å². The van der Waals surface area contributed by atoms with Crippen molar-refractivity contribution in [3.05, 3.63) is 60.2 Å². The Morgan fingerprint density at radius 1 is 1.00 bits per heavy atom. The third-order valence-corrected chi connectivity index (χ3v) is 7.92. The molecule has 0 bridgehead atoms. The van der Waals surface area contributed by atoms with Crippen LogP contribution in [0.2, 0.25) is 0 Å². The van der Waals surface area contributed by atoms with Crippen molar-refractivity contribution in [2.45, 2.75) is 51.0 Å². The molecule has 7 nitrogen and oxygen atoms in total. The fourth-order valence-electron chi connectivity index (χ4n) is 4.13. The Morgan fingerprint density at radius 3 is 2.15 bits per heavy atom. The number of nitrogens with zero attached hydrogens (tertiary/aromatic N) is 1. The van der Waals surface area contributed by atoms with Crippen LogP contribution in [0, 0.1) is 11.8 Å². The lowest BCUT2D eigenvalue weighted by Gasteiger charge is -2.31. The van der Waals surface area contributed by atoms with Gasteiger partial charge in [0.05, 0.1) is 4.90 Å². The molecule has 0 aliphatic carbocycles. The first-order valence-corrected chi connectivity index (χ1v) is 12.8. The summed E-state index contributed by atoms with van der Waals surface area (Å²) >= 11 is 0. The smallest absolute Gasteiger partial charge is 0.247 e. The summed E-state index contributed by atoms with van der Waals surface area (Å²) in [6.07, 6.45) is 2.64. The fraction of sp³-hybridized carbons (Fsp3) is 0.440. The van der Waals surface area contributed by atoms with Gasteiger partial charge in [0.15, 0.2) is 0 Å². The van der Waals surface area contributed by atoms with Gasteiger partial charge < -0.3 is 10.6 Å². The number of amides is 2. The molecule has 3 rings (SSSR count). The highest BCUT2D eigenvalue weighted by atomic mass is 32.2. The summed E-state index contributed by atoms with van der Waals surface area (Å²) in [4.78, 5) is 24.1. The molecule has 0 radical (unpaired) electrons. The summed E-state index contributed by atoms with van der Waals surface area (Å²) in [6.45, 7) is 6.07. The number of carbonyl (C=O) groups excluding carboxylic acids is 2. The molecule has 8 heteroatoms. The number of piperidine rings is 1. The third kappa shape index (κ3) is 6.65. The molecule has 1 aliphatic heterocycles. The second-order valence-electron chi connectivity index (χ2n) is 8.97. The fourth-order valence-corrected chi connectivity index (χ4v) is 5.60. The second kappa shape index (κ2) is 10.9. The standard InChI is InChI=1S/C25H33N3O4S/c1-18(2)24(26-19(3)29)25(30)27-22-9-11-23(12-10-22)33(31,32)28-15-13-21(14-16-28)17-20-7-5-4-6-8-20/h4-12,18,21,24H,13-17H2,1-3H3,(H,26,29)(H,27,30). The molecule has 1 saturated heterocycles. The predicted octanol–water partition coefficient (Wildman–Crippen LogP) is 3.43. The van der Waals surface area contributed by atoms with Crippen molar-refractivity contribution in [2.75, 3.05) is 18.4 Å². The van der Waals surface area contributed by atoms with Crippen LogP contribution in [0.1, 0.15) is 39.2 Å². The summed E-state index contributed by atoms with van der Waals surface area (Å²) in [5, 5.41) is 5.40. The second-order valence-corrected chi connectivity index (χ2v) is 10.9. The van der Waals surface area contributed by atoms with Crippen LogP contribution >= 0.6 is 0 Å². The Balaban J connectivity index is 1.59. The Labute approximate surface area is 196 Å². The average Bonchev–Trinajstić information content (AvgIpc) is 2.78. The molecule has 1 unspecified atom stereocenters. The van der Waals surface area contributed by atoms with Gasteiger partial charge in [0.25, 0.3) is 0 Å². The molecule has 1 heterocycles. The van der Waals surface area contributed by atoms with E-state index in [9.17, 15) is 18.0 Å². The molecule has 2 N–H and O–H groups in total. The maximum Gasteiger partial charge on any atom is 0.247 e. The number of anilines is 1. The van der Waals surface area contributed by atoms with E-state index in [1.165, 1.54) is 24.6 Å². The van der Waals surface area contributed by atoms with E-state index in [4.69, 9.17) is 0 Å². The van der Waals surface area contributed by atoms with Crippen molar-refractivity contribution < 1.29 is 18.0 Å². The van der Waals surface area contributed by atoms with Gasteiger partial charge in [0, 0.05) is 25.7 Å². The van der Waals surface area contributed by atoms with E-state index in [-0.39, 0.29) is 22.6 Å². The number of carbonyl (C=O) groups is 2. The zero-order chi connectivity index (χ0) is 24.0. The Bertz CT molecular complexity index is 1040. The first-order chi connectivity index (χ1) is 15.7. The van der Waals surface area contributed by atoms with Gasteiger partial charge in [-0.2, -0.15) is 4.31 Å². The SMILES string of the molecule is CC(=O)NC(C(=O)Nc1ccc(S(=O)(=O)N2CCC(Cc3ccccc3)CC2)cc1)C(C)C. The Morgan fingerprint density at radius 2 is 1.61 bits per heavy atom. The van der Waals surface area contributed by atoms with E-state index in [1.807, 2.05) is 32.0 Å². The van der Waals surface area contributed by atoms with Crippen LogP contribution < -0.4 is 10.6 Å². The minimum absolute atomic E-state index is 0.0848. The largest absolute Gasteiger partial charge is 0.344 e. The molecule has 0 spiro atoms. The number of hydrogen-bond donors (Lipinski definition) is 2. The van der Waals surface area contributed by atoms with Crippen molar-refractivity contribution in [1.82, 2.24) is 9.62 Å². The number of hydrogen-bond acceptors (Lipinski definition) is 4. The number of sulfonamides is 1. The number of rotatable bonds is 8. The molecule has 0 aromatic heterocycles. The number of nitrogens with one attached hydrogen (secondary N) is 2. The minimum atomic E-state index is -3.59. The Kier molecular flexibility index (Phi) is 8.26. The highest BCUT2D eigenvalue weighted by Gasteiger charge is 2.29. The molecule has 1 atom stereocenters. The van der Waals surface area contributed by atoms with Gasteiger partial charge in [0.2, 0.25) is 21.8 Å². The quantitative estimate of drug-likeness (QED) is 0.617. The van der Waals surface area contributed by atoms with Crippen LogP contribution in [0.4, 0.5) is 5.69 Å². The van der Waals surface area contributed by atoms with Gasteiger partial charge >= 0.3 is 0 Å². The van der Waals surface area contributed by atoms with Crippen LogP contribution in [0.25, 0.3) is 0 Å². The normalized spacial score (nSPS) is 16.4. The summed E-state index contributed by atoms with van der Waals surface area (Å²) in [5.74, 6) is -0.221. The molecule has 2 aromatic rings. The van der Waals surface area contributed by atoms with Crippen molar-refractivity contribution in [3.8, 4) is 0 Å². The van der Waals surface area contributed by atoms with Crippen LogP contribution in [0.15, 0.2) is 59.5 Å². The lowest BCUT2D eigenvalue weighted by Crippen LogP contribution is -2.46. The van der Waals surface area contributed by atoms with E-state index in [0.717, 1.165) is 19.3 Å². The van der Waals surface area contributed by atoms with E-state index >= 15 is 0 Å². The molecule has 178 valence electrons. The summed E-state index contributed by atoms with van der Waals surface area (Å²) < 4.78 is 27.7. The maximum atomic E-state index is 13.1. The first-order valence-electron chi connectivity index (χ1n) is 11.4. The molecular weight excluding hydrogens is 438 g/mol. The van der Waals surface area contributed by atoms with Crippen molar-refractivity contribution in [2.24, 2.45) is 11.8 Å². The molecule has 0 saturated carbocycles. The molecule has 1 fully saturated rings. The molecular formula is C25H33N3O4S. The van der Waals surface area contributed by atoms with E-state index in [2.05, 4.69) is 22.8 Å². The highest BCUT2D eigenvalue weighted by Crippen LogP contribution is 2.27. The topological polar surface area (TPSA) is 95.6 Å². The highest BCUT2D eigenvalue weighted by molar-refractivity contribution is 7.89. The van der Waals surface area contributed by atoms with Crippen LogP contribution in [-0.4, -0.2) is 43.7 Å². The maximum absolute atomic E-state index is 13.1. The van der Waals surface area contributed by atoms with E-state index < -0.39 is 16.1 Å². The molecule has 1 aliphatic rings. The zero-order valence-electron chi connectivity index (χ0n) is 19.5. The van der Waals surface area contributed by atoms with Crippen LogP contribution in [0.3, 0.4) is 0 Å². The summed E-state index contributed by atoms with van der Waals surface area (Å²) in [5.41, 5.74) is 1.77. The lowest BCUT2D eigenvalue weighted by atomic mass is 9.91. The van der Waals surface area contributed by atoms with E-state index in [1.54, 1.807) is 16.4 Å². The van der Waals surface area contributed by atoms with Gasteiger partial charge in [-0.15, -0.1) is 0 Å². The van der Waals surface area contributed by atoms with Crippen molar-refractivity contribution in [1.29, 1.82) is 0 Å². The first kappa shape index (κ1) is 24.9. The third-order valence-electron chi connectivity index (χ3n) is 6.01. The average molecular weight is 472 g/mol. The minimum Gasteiger partial charge on any atom is -0.344 e. The number of benzene rings is 2. The van der Waals surface area contributed by atoms with Crippen LogP contribution in [-0.2, 0) is 26.0 Å². The van der Waals surface area contributed by atoms with Crippen molar-refractivity contribution >= 4 is 27.5 Å². The zero-order valence-corrected chi connectivity index (χ0v) is 20.3. The lowest BCUT2D eigenvalue weighted by molar-refractivity contribution is -0.126. The van der Waals surface area contributed by atoms with Gasteiger partial charge in [-0.3, -0.25) is 9.59 Å². The van der Waals surface area contributed by atoms with Gasteiger partial charge in [-0.25, -0.2) is 8.42 Å². The van der Waals surface area contributed by atoms with Crippen molar-refractivity contribution in [3.63, 3.8) is 0 Å². The monoisotopic (exact) mass is 471 g/mol. The molecule has 2 amide bonds. The molecule has 2 aromatic carbocycles. The van der Waals surface area contributed by atoms with Gasteiger partial charge in [-0.1, -0.05) is 44.2 Å². The summed E-state index contributed by atoms with van der Waals surface area (Å²) in [7, 11) is -3.59. The Hall–Kier alpha value is -2.71. The summed E-state index contributed by atoms with van der Waals surface area (Å²) in [6, 6.07) is 15.8. The predicted molar refractivity (Wildman–Crippen MR) is 129 cm³/mol. The molecule has 33 heavy (non-hydrogen) atoms. The van der Waals surface area contributed by atoms with Crippen LogP contribution in [0.5, 0.6) is 0 Å². The van der Waals surface area contributed by atoms with E-state index in [0.29, 0.717) is 24.7 Å².